The number of carbonyl (C=O) groups is 1. The van der Waals surface area contributed by atoms with Crippen LogP contribution in [0.3, 0.4) is 0 Å². The molecule has 0 bridgehead atoms. The lowest BCUT2D eigenvalue weighted by Crippen LogP contribution is -2.12. The minimum absolute atomic E-state index is 0.147. The molecule has 0 spiro atoms. The summed E-state index contributed by atoms with van der Waals surface area (Å²) in [5, 5.41) is 11.6. The fourth-order valence-electron chi connectivity index (χ4n) is 1.92. The molecule has 1 heterocycles. The molecule has 3 aromatic rings. The van der Waals surface area contributed by atoms with Crippen molar-refractivity contribution in [3.63, 3.8) is 0 Å². The van der Waals surface area contributed by atoms with E-state index in [0.29, 0.717) is 5.56 Å². The van der Waals surface area contributed by atoms with Crippen molar-refractivity contribution in [2.45, 2.75) is 10.1 Å². The summed E-state index contributed by atoms with van der Waals surface area (Å²) < 4.78 is 2.62. The van der Waals surface area contributed by atoms with Crippen LogP contribution in [0.5, 0.6) is 0 Å². The Hall–Kier alpha value is -2.12. The highest BCUT2D eigenvalue weighted by Gasteiger charge is 2.09. The summed E-state index contributed by atoms with van der Waals surface area (Å²) >= 11 is 4.90. The summed E-state index contributed by atoms with van der Waals surface area (Å²) in [6.07, 6.45) is 1.66. The van der Waals surface area contributed by atoms with Gasteiger partial charge in [0.15, 0.2) is 5.16 Å². The lowest BCUT2D eigenvalue weighted by atomic mass is 10.2. The molecule has 2 aromatic carbocycles. The predicted octanol–water partition coefficient (Wildman–Crippen LogP) is 3.98. The topological polar surface area (TPSA) is 59.8 Å². The van der Waals surface area contributed by atoms with Gasteiger partial charge in [-0.2, -0.15) is 0 Å². The molecule has 0 radical (unpaired) electrons. The van der Waals surface area contributed by atoms with E-state index in [9.17, 15) is 4.79 Å². The standard InChI is InChI=1S/C16H13BrN4OS/c1-21-10-18-20-16(21)23-12-8-6-11(7-9-12)19-15(22)13-4-2-3-5-14(13)17/h2-10H,1H3,(H,19,22). The van der Waals surface area contributed by atoms with E-state index in [2.05, 4.69) is 31.4 Å². The highest BCUT2D eigenvalue weighted by atomic mass is 79.9. The van der Waals surface area contributed by atoms with Gasteiger partial charge in [0.05, 0.1) is 5.56 Å². The van der Waals surface area contributed by atoms with Crippen LogP contribution in [0.4, 0.5) is 5.69 Å². The monoisotopic (exact) mass is 388 g/mol. The smallest absolute Gasteiger partial charge is 0.256 e. The minimum Gasteiger partial charge on any atom is -0.322 e. The van der Waals surface area contributed by atoms with Crippen molar-refractivity contribution >= 4 is 39.3 Å². The van der Waals surface area contributed by atoms with Gasteiger partial charge in [0, 0.05) is 22.1 Å². The second-order valence-electron chi connectivity index (χ2n) is 4.78. The minimum atomic E-state index is -0.147. The molecule has 1 aromatic heterocycles. The maximum atomic E-state index is 12.3. The lowest BCUT2D eigenvalue weighted by molar-refractivity contribution is 0.102. The molecule has 1 amide bonds. The van der Waals surface area contributed by atoms with Crippen LogP contribution in [-0.2, 0) is 7.05 Å². The van der Waals surface area contributed by atoms with Gasteiger partial charge >= 0.3 is 0 Å². The van der Waals surface area contributed by atoms with Crippen molar-refractivity contribution in [2.24, 2.45) is 7.05 Å². The molecule has 0 aliphatic carbocycles. The molecule has 0 aliphatic heterocycles. The van der Waals surface area contributed by atoms with Gasteiger partial charge in [-0.3, -0.25) is 4.79 Å². The number of halogens is 1. The third kappa shape index (κ3) is 3.80. The quantitative estimate of drug-likeness (QED) is 0.733. The predicted molar refractivity (Wildman–Crippen MR) is 93.7 cm³/mol. The molecular formula is C16H13BrN4OS. The van der Waals surface area contributed by atoms with Gasteiger partial charge in [-0.15, -0.1) is 10.2 Å². The molecule has 0 saturated heterocycles. The Morgan fingerprint density at radius 2 is 1.91 bits per heavy atom. The normalized spacial score (nSPS) is 10.5. The average Bonchev–Trinajstić information content (AvgIpc) is 2.95. The molecule has 0 saturated carbocycles. The molecule has 0 atom stereocenters. The molecule has 3 rings (SSSR count). The number of rotatable bonds is 4. The number of nitrogens with one attached hydrogen (secondary N) is 1. The molecule has 0 unspecified atom stereocenters. The Morgan fingerprint density at radius 3 is 2.57 bits per heavy atom. The van der Waals surface area contributed by atoms with Gasteiger partial charge in [-0.05, 0) is 64.1 Å². The fraction of sp³-hybridized carbons (Fsp3) is 0.0625. The van der Waals surface area contributed by atoms with Crippen molar-refractivity contribution in [2.75, 3.05) is 5.32 Å². The number of hydrogen-bond donors (Lipinski definition) is 1. The number of carbonyl (C=O) groups excluding carboxylic acids is 1. The van der Waals surface area contributed by atoms with Crippen LogP contribution in [0.25, 0.3) is 0 Å². The Bertz CT molecular complexity index is 832. The summed E-state index contributed by atoms with van der Waals surface area (Å²) in [6.45, 7) is 0. The number of aryl methyl sites for hydroxylation is 1. The number of anilines is 1. The van der Waals surface area contributed by atoms with E-state index in [1.54, 1.807) is 12.4 Å². The third-order valence-corrected chi connectivity index (χ3v) is 4.86. The first-order valence-corrected chi connectivity index (χ1v) is 8.42. The lowest BCUT2D eigenvalue weighted by Gasteiger charge is -2.07. The van der Waals surface area contributed by atoms with Crippen LogP contribution in [-0.4, -0.2) is 20.7 Å². The number of amides is 1. The second kappa shape index (κ2) is 6.97. The average molecular weight is 389 g/mol. The molecule has 7 heteroatoms. The van der Waals surface area contributed by atoms with Gasteiger partial charge in [-0.1, -0.05) is 12.1 Å². The zero-order valence-corrected chi connectivity index (χ0v) is 14.6. The number of hydrogen-bond acceptors (Lipinski definition) is 4. The first-order valence-electron chi connectivity index (χ1n) is 6.81. The Morgan fingerprint density at radius 1 is 1.17 bits per heavy atom. The van der Waals surface area contributed by atoms with Crippen molar-refractivity contribution in [3.05, 3.63) is 64.9 Å². The fourth-order valence-corrected chi connectivity index (χ4v) is 3.15. The van der Waals surface area contributed by atoms with Crippen molar-refractivity contribution in [1.29, 1.82) is 0 Å². The number of aromatic nitrogens is 3. The van der Waals surface area contributed by atoms with E-state index in [1.807, 2.05) is 54.1 Å². The van der Waals surface area contributed by atoms with Crippen LogP contribution < -0.4 is 5.32 Å². The first kappa shape index (κ1) is 15.8. The van der Waals surface area contributed by atoms with Crippen LogP contribution >= 0.6 is 27.7 Å². The molecule has 5 nitrogen and oxygen atoms in total. The van der Waals surface area contributed by atoms with Crippen molar-refractivity contribution in [3.8, 4) is 0 Å². The molecule has 1 N–H and O–H groups in total. The van der Waals surface area contributed by atoms with Gasteiger partial charge in [-0.25, -0.2) is 0 Å². The number of benzene rings is 2. The summed E-state index contributed by atoms with van der Waals surface area (Å²) in [5.41, 5.74) is 1.35. The van der Waals surface area contributed by atoms with Gasteiger partial charge in [0.1, 0.15) is 6.33 Å². The van der Waals surface area contributed by atoms with E-state index >= 15 is 0 Å². The highest BCUT2D eigenvalue weighted by Crippen LogP contribution is 2.26. The van der Waals surface area contributed by atoms with E-state index in [4.69, 9.17) is 0 Å². The molecule has 0 fully saturated rings. The SMILES string of the molecule is Cn1cnnc1Sc1ccc(NC(=O)c2ccccc2Br)cc1. The Balaban J connectivity index is 1.69. The second-order valence-corrected chi connectivity index (χ2v) is 6.68. The van der Waals surface area contributed by atoms with E-state index in [0.717, 1.165) is 20.2 Å². The van der Waals surface area contributed by atoms with Crippen LogP contribution in [0.15, 0.2) is 69.4 Å². The summed E-state index contributed by atoms with van der Waals surface area (Å²) in [5.74, 6) is -0.147. The van der Waals surface area contributed by atoms with Gasteiger partial charge in [0.2, 0.25) is 0 Å². The summed E-state index contributed by atoms with van der Waals surface area (Å²) in [6, 6.07) is 14.9. The van der Waals surface area contributed by atoms with E-state index in [1.165, 1.54) is 11.8 Å². The molecule has 116 valence electrons. The highest BCUT2D eigenvalue weighted by molar-refractivity contribution is 9.10. The maximum Gasteiger partial charge on any atom is 0.256 e. The summed E-state index contributed by atoms with van der Waals surface area (Å²) in [7, 11) is 1.90. The Labute approximate surface area is 146 Å². The molecular weight excluding hydrogens is 376 g/mol. The molecule has 0 aliphatic rings. The van der Waals surface area contributed by atoms with Gasteiger partial charge in [0.25, 0.3) is 5.91 Å². The third-order valence-electron chi connectivity index (χ3n) is 3.11. The largest absolute Gasteiger partial charge is 0.322 e. The zero-order chi connectivity index (χ0) is 16.2. The van der Waals surface area contributed by atoms with Gasteiger partial charge < -0.3 is 9.88 Å². The van der Waals surface area contributed by atoms with Crippen LogP contribution in [0.1, 0.15) is 10.4 Å². The zero-order valence-electron chi connectivity index (χ0n) is 12.2. The van der Waals surface area contributed by atoms with E-state index in [-0.39, 0.29) is 5.91 Å². The Kier molecular flexibility index (Phi) is 4.78. The van der Waals surface area contributed by atoms with Crippen molar-refractivity contribution < 1.29 is 4.79 Å². The maximum absolute atomic E-state index is 12.3. The van der Waals surface area contributed by atoms with Crippen LogP contribution in [0, 0.1) is 0 Å². The van der Waals surface area contributed by atoms with E-state index < -0.39 is 0 Å². The van der Waals surface area contributed by atoms with Crippen molar-refractivity contribution in [1.82, 2.24) is 14.8 Å². The first-order chi connectivity index (χ1) is 11.1. The number of nitrogens with zero attached hydrogens (tertiary/aromatic N) is 3. The van der Waals surface area contributed by atoms with Crippen LogP contribution in [0.2, 0.25) is 0 Å². The molecule has 23 heavy (non-hydrogen) atoms. The summed E-state index contributed by atoms with van der Waals surface area (Å²) in [4.78, 5) is 13.3.